The molecule has 3 nitrogen and oxygen atoms in total. The zero-order valence-electron chi connectivity index (χ0n) is 9.07. The highest BCUT2D eigenvalue weighted by Crippen LogP contribution is 2.26. The van der Waals surface area contributed by atoms with E-state index in [4.69, 9.17) is 11.6 Å². The molecule has 16 heavy (non-hydrogen) atoms. The molecule has 0 amide bonds. The van der Waals surface area contributed by atoms with Gasteiger partial charge in [-0.2, -0.15) is 4.31 Å². The van der Waals surface area contributed by atoms with Crippen LogP contribution in [0.5, 0.6) is 0 Å². The smallest absolute Gasteiger partial charge is 0.244 e. The van der Waals surface area contributed by atoms with Crippen LogP contribution in [0.25, 0.3) is 0 Å². The molecule has 0 fully saturated rings. The molecule has 0 unspecified atom stereocenters. The summed E-state index contributed by atoms with van der Waals surface area (Å²) in [7, 11) is -2.37. The van der Waals surface area contributed by atoms with Gasteiger partial charge in [0.15, 0.2) is 0 Å². The zero-order chi connectivity index (χ0) is 12.3. The van der Waals surface area contributed by atoms with Crippen LogP contribution in [0, 0.1) is 6.92 Å². The van der Waals surface area contributed by atoms with Gasteiger partial charge in [0.1, 0.15) is 11.6 Å². The molecule has 90 valence electrons. The van der Waals surface area contributed by atoms with Crippen molar-refractivity contribution in [3.8, 4) is 0 Å². The molecule has 0 heterocycles. The molecule has 0 atom stereocenters. The van der Waals surface area contributed by atoms with Gasteiger partial charge in [0.2, 0.25) is 10.0 Å². The van der Waals surface area contributed by atoms with E-state index in [-0.39, 0.29) is 16.5 Å². The van der Waals surface area contributed by atoms with Gasteiger partial charge in [-0.3, -0.25) is 0 Å². The van der Waals surface area contributed by atoms with Crippen LogP contribution in [0.3, 0.4) is 0 Å². The number of nitrogens with zero attached hydrogens (tertiary/aromatic N) is 1. The summed E-state index contributed by atoms with van der Waals surface area (Å²) in [6, 6.07) is 4.83. The van der Waals surface area contributed by atoms with Gasteiger partial charge in [0, 0.05) is 13.6 Å². The Kier molecular flexibility index (Phi) is 4.29. The van der Waals surface area contributed by atoms with E-state index in [0.717, 1.165) is 4.31 Å². The Morgan fingerprint density at radius 1 is 1.44 bits per heavy atom. The Hall–Kier alpha value is -0.650. The monoisotopic (exact) mass is 265 g/mol. The predicted octanol–water partition coefficient (Wildman–Crippen LogP) is 2.24. The molecule has 0 spiro atoms. The highest BCUT2D eigenvalue weighted by molar-refractivity contribution is 7.89. The molecule has 0 aliphatic carbocycles. The first-order valence-electron chi connectivity index (χ1n) is 4.68. The fraction of sp³-hybridized carbons (Fsp3) is 0.400. The first kappa shape index (κ1) is 13.4. The number of benzene rings is 1. The van der Waals surface area contributed by atoms with Crippen molar-refractivity contribution in [2.24, 2.45) is 0 Å². The number of sulfonamides is 1. The molecule has 0 saturated heterocycles. The Labute approximate surface area is 99.9 Å². The fourth-order valence-electron chi connectivity index (χ4n) is 1.34. The van der Waals surface area contributed by atoms with Crippen LogP contribution in [0.4, 0.5) is 4.39 Å². The highest BCUT2D eigenvalue weighted by atomic mass is 35.5. The number of aryl methyl sites for hydroxylation is 1. The van der Waals surface area contributed by atoms with Crippen LogP contribution < -0.4 is 0 Å². The molecule has 0 bridgehead atoms. The molecule has 0 aliphatic heterocycles. The SMILES string of the molecule is Cc1cccc(Cl)c1S(=O)(=O)N(C)CCF. The van der Waals surface area contributed by atoms with Crippen molar-refractivity contribution in [2.75, 3.05) is 20.3 Å². The van der Waals surface area contributed by atoms with Gasteiger partial charge in [-0.1, -0.05) is 23.7 Å². The van der Waals surface area contributed by atoms with E-state index in [1.165, 1.54) is 13.1 Å². The van der Waals surface area contributed by atoms with Gasteiger partial charge in [0.25, 0.3) is 0 Å². The van der Waals surface area contributed by atoms with Crippen LogP contribution >= 0.6 is 11.6 Å². The van der Waals surface area contributed by atoms with Crippen molar-refractivity contribution in [1.29, 1.82) is 0 Å². The average Bonchev–Trinajstić information content (AvgIpc) is 2.17. The summed E-state index contributed by atoms with van der Waals surface area (Å²) >= 11 is 5.86. The summed E-state index contributed by atoms with van der Waals surface area (Å²) in [5.74, 6) is 0. The number of alkyl halides is 1. The average molecular weight is 266 g/mol. The Bertz CT molecular complexity index is 455. The lowest BCUT2D eigenvalue weighted by Gasteiger charge is -2.17. The van der Waals surface area contributed by atoms with E-state index >= 15 is 0 Å². The molecule has 0 radical (unpaired) electrons. The minimum atomic E-state index is -3.70. The topological polar surface area (TPSA) is 37.4 Å². The summed E-state index contributed by atoms with van der Waals surface area (Å²) in [5, 5.41) is 0.158. The van der Waals surface area contributed by atoms with Crippen molar-refractivity contribution in [3.63, 3.8) is 0 Å². The van der Waals surface area contributed by atoms with Crippen molar-refractivity contribution in [2.45, 2.75) is 11.8 Å². The molecular weight excluding hydrogens is 253 g/mol. The first-order chi connectivity index (χ1) is 7.41. The summed E-state index contributed by atoms with van der Waals surface area (Å²) in [6.45, 7) is 0.758. The molecule has 0 aromatic heterocycles. The van der Waals surface area contributed by atoms with E-state index in [1.54, 1.807) is 19.1 Å². The quantitative estimate of drug-likeness (QED) is 0.837. The number of rotatable bonds is 4. The van der Waals surface area contributed by atoms with Crippen molar-refractivity contribution < 1.29 is 12.8 Å². The van der Waals surface area contributed by atoms with Crippen molar-refractivity contribution in [3.05, 3.63) is 28.8 Å². The Morgan fingerprint density at radius 2 is 2.06 bits per heavy atom. The van der Waals surface area contributed by atoms with Gasteiger partial charge in [-0.05, 0) is 18.6 Å². The van der Waals surface area contributed by atoms with Crippen LogP contribution in [-0.4, -0.2) is 33.0 Å². The maximum absolute atomic E-state index is 12.2. The number of halogens is 2. The number of hydrogen-bond acceptors (Lipinski definition) is 2. The Morgan fingerprint density at radius 3 is 2.56 bits per heavy atom. The van der Waals surface area contributed by atoms with Gasteiger partial charge in [-0.15, -0.1) is 0 Å². The van der Waals surface area contributed by atoms with E-state index < -0.39 is 16.7 Å². The molecule has 6 heteroatoms. The van der Waals surface area contributed by atoms with E-state index in [1.807, 2.05) is 0 Å². The first-order valence-corrected chi connectivity index (χ1v) is 6.50. The largest absolute Gasteiger partial charge is 0.250 e. The number of hydrogen-bond donors (Lipinski definition) is 0. The normalized spacial score (nSPS) is 12.1. The molecule has 0 saturated carbocycles. The van der Waals surface area contributed by atoms with Gasteiger partial charge in [-0.25, -0.2) is 12.8 Å². The molecular formula is C10H13ClFNO2S. The second kappa shape index (κ2) is 5.12. The highest BCUT2D eigenvalue weighted by Gasteiger charge is 2.24. The predicted molar refractivity (Wildman–Crippen MR) is 62.0 cm³/mol. The van der Waals surface area contributed by atoms with E-state index in [9.17, 15) is 12.8 Å². The zero-order valence-corrected chi connectivity index (χ0v) is 10.6. The molecule has 1 rings (SSSR count). The van der Waals surface area contributed by atoms with Crippen molar-refractivity contribution >= 4 is 21.6 Å². The standard InChI is InChI=1S/C10H13ClFNO2S/c1-8-4-3-5-9(11)10(8)16(14,15)13(2)7-6-12/h3-5H,6-7H2,1-2H3. The van der Waals surface area contributed by atoms with E-state index in [0.29, 0.717) is 5.56 Å². The molecule has 1 aromatic rings. The van der Waals surface area contributed by atoms with Crippen LogP contribution in [0.2, 0.25) is 5.02 Å². The summed E-state index contributed by atoms with van der Waals surface area (Å²) < 4.78 is 37.2. The van der Waals surface area contributed by atoms with Gasteiger partial charge in [0.05, 0.1) is 5.02 Å². The van der Waals surface area contributed by atoms with Crippen molar-refractivity contribution in [1.82, 2.24) is 4.31 Å². The molecule has 0 aliphatic rings. The lowest BCUT2D eigenvalue weighted by molar-refractivity contribution is 0.394. The lowest BCUT2D eigenvalue weighted by Crippen LogP contribution is -2.29. The van der Waals surface area contributed by atoms with E-state index in [2.05, 4.69) is 0 Å². The fourth-order valence-corrected chi connectivity index (χ4v) is 3.26. The van der Waals surface area contributed by atoms with Crippen LogP contribution in [0.1, 0.15) is 5.56 Å². The second-order valence-corrected chi connectivity index (χ2v) is 5.79. The summed E-state index contributed by atoms with van der Waals surface area (Å²) in [5.41, 5.74) is 0.554. The maximum atomic E-state index is 12.2. The summed E-state index contributed by atoms with van der Waals surface area (Å²) in [4.78, 5) is 0.0487. The third-order valence-corrected chi connectivity index (χ3v) is 4.72. The van der Waals surface area contributed by atoms with Gasteiger partial charge >= 0.3 is 0 Å². The lowest BCUT2D eigenvalue weighted by atomic mass is 10.2. The summed E-state index contributed by atoms with van der Waals surface area (Å²) in [6.07, 6.45) is 0. The minimum absolute atomic E-state index is 0.0487. The third kappa shape index (κ3) is 2.53. The van der Waals surface area contributed by atoms with Crippen LogP contribution in [-0.2, 0) is 10.0 Å². The molecule has 1 aromatic carbocycles. The minimum Gasteiger partial charge on any atom is -0.250 e. The van der Waals surface area contributed by atoms with Crippen LogP contribution in [0.15, 0.2) is 23.1 Å². The Balaban J connectivity index is 3.27. The second-order valence-electron chi connectivity index (χ2n) is 3.40. The van der Waals surface area contributed by atoms with Gasteiger partial charge < -0.3 is 0 Å². The third-order valence-electron chi connectivity index (χ3n) is 2.23. The maximum Gasteiger partial charge on any atom is 0.244 e. The molecule has 0 N–H and O–H groups in total.